The van der Waals surface area contributed by atoms with Crippen LogP contribution in [0.25, 0.3) is 6.08 Å². The molecule has 0 saturated carbocycles. The Morgan fingerprint density at radius 3 is 2.26 bits per heavy atom. The van der Waals surface area contributed by atoms with Crippen LogP contribution in [-0.4, -0.2) is 37.4 Å². The van der Waals surface area contributed by atoms with Gasteiger partial charge in [0.05, 0.1) is 17.9 Å². The van der Waals surface area contributed by atoms with Gasteiger partial charge in [-0.25, -0.2) is 0 Å². The highest BCUT2D eigenvalue weighted by Crippen LogP contribution is 2.30. The van der Waals surface area contributed by atoms with E-state index in [1.54, 1.807) is 0 Å². The number of rotatable bonds is 10. The molecule has 162 valence electrons. The van der Waals surface area contributed by atoms with Gasteiger partial charge in [-0.15, -0.1) is 0 Å². The number of hydrogen-bond donors (Lipinski definition) is 0. The van der Waals surface area contributed by atoms with E-state index in [9.17, 15) is 4.79 Å². The van der Waals surface area contributed by atoms with E-state index in [0.717, 1.165) is 30.1 Å². The molecule has 1 saturated heterocycles. The van der Waals surface area contributed by atoms with Crippen molar-refractivity contribution < 1.29 is 9.53 Å². The Morgan fingerprint density at radius 2 is 1.68 bits per heavy atom. The molecule has 1 amide bonds. The number of carbonyl (C=O) groups is 1. The molecule has 2 aromatic rings. The van der Waals surface area contributed by atoms with Gasteiger partial charge < -0.3 is 9.64 Å². The Balaban J connectivity index is 1.56. The molecule has 0 bridgehead atoms. The van der Waals surface area contributed by atoms with Gasteiger partial charge in [0, 0.05) is 18.8 Å². The second-order valence-corrected chi connectivity index (χ2v) is 8.10. The minimum absolute atomic E-state index is 0.0817. The quantitative estimate of drug-likeness (QED) is 0.390. The summed E-state index contributed by atoms with van der Waals surface area (Å²) in [7, 11) is 0. The predicted molar refractivity (Wildman–Crippen MR) is 128 cm³/mol. The summed E-state index contributed by atoms with van der Waals surface area (Å²) in [5.74, 6) is -0.103. The fraction of sp³-hybridized carbons (Fsp3) is 0.385. The maximum atomic E-state index is 13.1. The molecule has 0 spiro atoms. The molecular weight excluding hydrogens is 386 g/mol. The van der Waals surface area contributed by atoms with Crippen LogP contribution in [-0.2, 0) is 9.53 Å². The second-order valence-electron chi connectivity index (χ2n) is 8.10. The van der Waals surface area contributed by atoms with Gasteiger partial charge >= 0.3 is 0 Å². The van der Waals surface area contributed by atoms with Crippen molar-refractivity contribution in [1.82, 2.24) is 0 Å². The summed E-state index contributed by atoms with van der Waals surface area (Å²) < 4.78 is 5.46. The minimum atomic E-state index is -0.103. The van der Waals surface area contributed by atoms with Crippen molar-refractivity contribution in [2.45, 2.75) is 45.6 Å². The van der Waals surface area contributed by atoms with Crippen LogP contribution >= 0.6 is 0 Å². The van der Waals surface area contributed by atoms with Gasteiger partial charge in [-0.05, 0) is 48.7 Å². The average molecular weight is 418 g/mol. The summed E-state index contributed by atoms with van der Waals surface area (Å²) in [6.07, 6.45) is 6.64. The standard InChI is InChI=1S/C26H31N3O2/c1-3-5-16-28(17-6-4-2)21-14-12-20(13-15-21)18-23-25(24-19-31-24)27-29(26(23)30)22-10-8-7-9-11-22/h7-15,18,24H,3-6,16-17,19H2,1-2H3/b23-18+. The van der Waals surface area contributed by atoms with Gasteiger partial charge in [0.1, 0.15) is 11.8 Å². The van der Waals surface area contributed by atoms with Crippen molar-refractivity contribution in [2.24, 2.45) is 5.10 Å². The van der Waals surface area contributed by atoms with Crippen LogP contribution in [0, 0.1) is 0 Å². The lowest BCUT2D eigenvalue weighted by Crippen LogP contribution is -2.25. The van der Waals surface area contributed by atoms with E-state index in [0.29, 0.717) is 12.2 Å². The predicted octanol–water partition coefficient (Wildman–Crippen LogP) is 5.28. The first-order valence-corrected chi connectivity index (χ1v) is 11.4. The Kier molecular flexibility index (Phi) is 6.82. The number of ether oxygens (including phenoxy) is 1. The molecule has 0 N–H and O–H groups in total. The van der Waals surface area contributed by atoms with Gasteiger partial charge in [0.2, 0.25) is 0 Å². The third-order valence-corrected chi connectivity index (χ3v) is 5.68. The highest BCUT2D eigenvalue weighted by molar-refractivity contribution is 6.34. The van der Waals surface area contributed by atoms with E-state index in [1.807, 2.05) is 36.4 Å². The van der Waals surface area contributed by atoms with Crippen molar-refractivity contribution in [3.05, 3.63) is 65.7 Å². The molecule has 1 unspecified atom stereocenters. The number of anilines is 2. The first-order valence-electron chi connectivity index (χ1n) is 11.4. The van der Waals surface area contributed by atoms with E-state index in [-0.39, 0.29) is 12.0 Å². The van der Waals surface area contributed by atoms with Crippen LogP contribution < -0.4 is 9.91 Å². The topological polar surface area (TPSA) is 48.4 Å². The zero-order valence-electron chi connectivity index (χ0n) is 18.5. The third-order valence-electron chi connectivity index (χ3n) is 5.68. The first-order chi connectivity index (χ1) is 15.2. The second kappa shape index (κ2) is 9.92. The molecule has 2 aliphatic rings. The molecule has 0 radical (unpaired) electrons. The molecule has 5 heteroatoms. The molecule has 1 fully saturated rings. The lowest BCUT2D eigenvalue weighted by Gasteiger charge is -2.24. The van der Waals surface area contributed by atoms with E-state index in [1.165, 1.54) is 36.4 Å². The first kappa shape index (κ1) is 21.3. The number of para-hydroxylation sites is 1. The molecule has 0 aromatic heterocycles. The normalized spacial score (nSPS) is 19.1. The number of epoxide rings is 1. The van der Waals surface area contributed by atoms with Gasteiger partial charge in [-0.1, -0.05) is 57.0 Å². The summed E-state index contributed by atoms with van der Waals surface area (Å²) in [6, 6.07) is 18.1. The summed E-state index contributed by atoms with van der Waals surface area (Å²) in [5.41, 5.74) is 4.36. The lowest BCUT2D eigenvalue weighted by molar-refractivity contribution is -0.114. The molecule has 4 rings (SSSR count). The van der Waals surface area contributed by atoms with Crippen molar-refractivity contribution in [2.75, 3.05) is 29.6 Å². The van der Waals surface area contributed by atoms with Gasteiger partial charge in [0.25, 0.3) is 5.91 Å². The Labute approximate surface area is 185 Å². The van der Waals surface area contributed by atoms with Gasteiger partial charge in [0.15, 0.2) is 0 Å². The van der Waals surface area contributed by atoms with Crippen LogP contribution in [0.4, 0.5) is 11.4 Å². The highest BCUT2D eigenvalue weighted by atomic mass is 16.6. The lowest BCUT2D eigenvalue weighted by atomic mass is 10.0. The van der Waals surface area contributed by atoms with Crippen LogP contribution in [0.5, 0.6) is 0 Å². The molecule has 5 nitrogen and oxygen atoms in total. The van der Waals surface area contributed by atoms with E-state index >= 15 is 0 Å². The largest absolute Gasteiger partial charge is 0.372 e. The van der Waals surface area contributed by atoms with Gasteiger partial charge in [-0.2, -0.15) is 10.1 Å². The number of unbranched alkanes of at least 4 members (excludes halogenated alkanes) is 2. The fourth-order valence-corrected chi connectivity index (χ4v) is 3.77. The van der Waals surface area contributed by atoms with Crippen LogP contribution in [0.2, 0.25) is 0 Å². The average Bonchev–Trinajstić information content (AvgIpc) is 3.60. The number of nitrogens with zero attached hydrogens (tertiary/aromatic N) is 3. The van der Waals surface area contributed by atoms with E-state index in [4.69, 9.17) is 4.74 Å². The monoisotopic (exact) mass is 417 g/mol. The maximum absolute atomic E-state index is 13.1. The molecule has 1 atom stereocenters. The Morgan fingerprint density at radius 1 is 1.03 bits per heavy atom. The van der Waals surface area contributed by atoms with Crippen LogP contribution in [0.3, 0.4) is 0 Å². The number of benzene rings is 2. The fourth-order valence-electron chi connectivity index (χ4n) is 3.77. The third kappa shape index (κ3) is 5.05. The van der Waals surface area contributed by atoms with Gasteiger partial charge in [-0.3, -0.25) is 4.79 Å². The number of carbonyl (C=O) groups excluding carboxylic acids is 1. The summed E-state index contributed by atoms with van der Waals surface area (Å²) >= 11 is 0. The number of hydrogen-bond acceptors (Lipinski definition) is 4. The van der Waals surface area contributed by atoms with Crippen molar-refractivity contribution in [1.29, 1.82) is 0 Å². The molecular formula is C26H31N3O2. The summed E-state index contributed by atoms with van der Waals surface area (Å²) in [6.45, 7) is 7.24. The highest BCUT2D eigenvalue weighted by Gasteiger charge is 2.41. The van der Waals surface area contributed by atoms with E-state index < -0.39 is 0 Å². The molecule has 0 aliphatic carbocycles. The summed E-state index contributed by atoms with van der Waals surface area (Å²) in [5, 5.41) is 6.07. The number of hydrazone groups is 1. The van der Waals surface area contributed by atoms with Crippen molar-refractivity contribution in [3.8, 4) is 0 Å². The Hall–Kier alpha value is -2.92. The Bertz CT molecular complexity index is 938. The maximum Gasteiger partial charge on any atom is 0.280 e. The number of amides is 1. The van der Waals surface area contributed by atoms with Crippen LogP contribution in [0.15, 0.2) is 65.3 Å². The zero-order valence-corrected chi connectivity index (χ0v) is 18.5. The molecule has 2 aromatic carbocycles. The molecule has 31 heavy (non-hydrogen) atoms. The smallest absolute Gasteiger partial charge is 0.280 e. The zero-order chi connectivity index (χ0) is 21.6. The van der Waals surface area contributed by atoms with Crippen molar-refractivity contribution >= 4 is 29.1 Å². The van der Waals surface area contributed by atoms with Crippen LogP contribution in [0.1, 0.15) is 45.1 Å². The summed E-state index contributed by atoms with van der Waals surface area (Å²) in [4.78, 5) is 15.6. The minimum Gasteiger partial charge on any atom is -0.372 e. The molecule has 2 aliphatic heterocycles. The van der Waals surface area contributed by atoms with E-state index in [2.05, 4.69) is 48.1 Å². The molecule has 2 heterocycles. The SMILES string of the molecule is CCCCN(CCCC)c1ccc(/C=C2/C(=O)N(c3ccccc3)N=C2C2CO2)cc1. The van der Waals surface area contributed by atoms with Crippen molar-refractivity contribution in [3.63, 3.8) is 0 Å².